The topological polar surface area (TPSA) is 28.1 Å². The van der Waals surface area contributed by atoms with Crippen LogP contribution in [0.2, 0.25) is 0 Å². The van der Waals surface area contributed by atoms with E-state index in [1.807, 2.05) is 0 Å². The Morgan fingerprint density at radius 3 is 2.56 bits per heavy atom. The van der Waals surface area contributed by atoms with Crippen LogP contribution in [0.1, 0.15) is 63.6 Å². The molecule has 4 rings (SSSR count). The van der Waals surface area contributed by atoms with Gasteiger partial charge < -0.3 is 9.64 Å². The van der Waals surface area contributed by atoms with Crippen molar-refractivity contribution < 1.29 is 4.74 Å². The van der Waals surface area contributed by atoms with Gasteiger partial charge in [0.1, 0.15) is 15.3 Å². The fraction of sp³-hybridized carbons (Fsp3) is 0.560. The molecule has 0 aliphatic carbocycles. The van der Waals surface area contributed by atoms with Gasteiger partial charge in [0.15, 0.2) is 11.5 Å². The van der Waals surface area contributed by atoms with Crippen molar-refractivity contribution in [1.82, 2.24) is 9.80 Å². The maximum Gasteiger partial charge on any atom is 0.163 e. The van der Waals surface area contributed by atoms with Crippen LogP contribution in [0.3, 0.4) is 0 Å². The Morgan fingerprint density at radius 2 is 1.91 bits per heavy atom. The van der Waals surface area contributed by atoms with Gasteiger partial charge in [0.2, 0.25) is 0 Å². The lowest BCUT2D eigenvalue weighted by atomic mass is 10.0. The Labute approximate surface area is 213 Å². The quantitative estimate of drug-likeness (QED) is 0.348. The van der Waals surface area contributed by atoms with Gasteiger partial charge in [0, 0.05) is 42.1 Å². The monoisotopic (exact) mass is 581 g/mol. The standard InChI is InChI=1S/C25H33Br2N3OS/c1-5-8-9-17-14-20-22(18(7-3)21(17)26)28-25(19-15-32-24(27)23(19)31-20)30-12-10-29(11-13-30)16(4)6-2/h14-16H,5-13H2,1-4H3. The number of fused-ring (bicyclic) bond motifs is 2. The number of unbranched alkanes of at least 4 members (excludes halogenated alkanes) is 1. The molecule has 1 atom stereocenters. The van der Waals surface area contributed by atoms with E-state index in [1.54, 1.807) is 11.3 Å². The fourth-order valence-corrected chi connectivity index (χ4v) is 6.58. The van der Waals surface area contributed by atoms with Gasteiger partial charge in [0.05, 0.1) is 5.56 Å². The average molecular weight is 583 g/mol. The fourth-order valence-electron chi connectivity index (χ4n) is 4.53. The van der Waals surface area contributed by atoms with Crippen molar-refractivity contribution in [2.24, 2.45) is 4.99 Å². The largest absolute Gasteiger partial charge is 0.452 e. The number of hydrogen-bond acceptors (Lipinski definition) is 5. The van der Waals surface area contributed by atoms with Crippen molar-refractivity contribution in [3.8, 4) is 11.5 Å². The number of amidine groups is 1. The number of aryl methyl sites for hydroxylation is 1. The first-order chi connectivity index (χ1) is 15.5. The van der Waals surface area contributed by atoms with Gasteiger partial charge in [-0.2, -0.15) is 0 Å². The average Bonchev–Trinajstić information content (AvgIpc) is 3.08. The zero-order valence-electron chi connectivity index (χ0n) is 19.5. The maximum atomic E-state index is 6.58. The molecular formula is C25H33Br2N3OS. The highest BCUT2D eigenvalue weighted by Crippen LogP contribution is 2.48. The molecule has 174 valence electrons. The van der Waals surface area contributed by atoms with Crippen LogP contribution in [-0.2, 0) is 12.8 Å². The second-order valence-corrected chi connectivity index (χ2v) is 11.7. The van der Waals surface area contributed by atoms with E-state index >= 15 is 0 Å². The highest BCUT2D eigenvalue weighted by atomic mass is 79.9. The van der Waals surface area contributed by atoms with Gasteiger partial charge in [0.25, 0.3) is 0 Å². The number of piperazine rings is 1. The maximum absolute atomic E-state index is 6.58. The van der Waals surface area contributed by atoms with Gasteiger partial charge >= 0.3 is 0 Å². The van der Waals surface area contributed by atoms with Crippen LogP contribution in [0.4, 0.5) is 5.69 Å². The molecule has 2 aliphatic heterocycles. The van der Waals surface area contributed by atoms with Crippen molar-refractivity contribution in [2.45, 2.75) is 65.8 Å². The minimum absolute atomic E-state index is 0.632. The van der Waals surface area contributed by atoms with Crippen LogP contribution in [0.15, 0.2) is 24.7 Å². The third-order valence-electron chi connectivity index (χ3n) is 6.73. The number of rotatable bonds is 6. The summed E-state index contributed by atoms with van der Waals surface area (Å²) in [5.74, 6) is 2.83. The van der Waals surface area contributed by atoms with E-state index < -0.39 is 0 Å². The number of thiophene rings is 1. The Morgan fingerprint density at radius 1 is 1.16 bits per heavy atom. The van der Waals surface area contributed by atoms with Crippen LogP contribution in [-0.4, -0.2) is 47.9 Å². The Kier molecular flexibility index (Phi) is 8.01. The molecule has 1 aromatic carbocycles. The first-order valence-electron chi connectivity index (χ1n) is 11.9. The predicted octanol–water partition coefficient (Wildman–Crippen LogP) is 7.78. The summed E-state index contributed by atoms with van der Waals surface area (Å²) in [6.07, 6.45) is 5.50. The minimum Gasteiger partial charge on any atom is -0.452 e. The van der Waals surface area contributed by atoms with Crippen LogP contribution in [0, 0.1) is 0 Å². The minimum atomic E-state index is 0.632. The normalized spacial score (nSPS) is 17.3. The van der Waals surface area contributed by atoms with E-state index in [9.17, 15) is 0 Å². The summed E-state index contributed by atoms with van der Waals surface area (Å²) in [7, 11) is 0. The van der Waals surface area contributed by atoms with E-state index in [0.29, 0.717) is 6.04 Å². The SMILES string of the molecule is CCCCc1cc2c(c(CC)c1Br)N=C(N1CCN(C(C)CC)CC1)c1csc(Br)c1O2. The molecule has 0 saturated carbocycles. The van der Waals surface area contributed by atoms with Gasteiger partial charge in [-0.15, -0.1) is 11.3 Å². The molecule has 1 unspecified atom stereocenters. The Hall–Kier alpha value is -0.890. The van der Waals surface area contributed by atoms with E-state index in [0.717, 1.165) is 71.4 Å². The molecule has 2 aromatic rings. The van der Waals surface area contributed by atoms with Gasteiger partial charge in [-0.3, -0.25) is 4.90 Å². The summed E-state index contributed by atoms with van der Waals surface area (Å²) in [5.41, 5.74) is 4.64. The van der Waals surface area contributed by atoms with E-state index in [4.69, 9.17) is 9.73 Å². The molecule has 0 radical (unpaired) electrons. The molecule has 1 fully saturated rings. The molecule has 32 heavy (non-hydrogen) atoms. The predicted molar refractivity (Wildman–Crippen MR) is 143 cm³/mol. The lowest BCUT2D eigenvalue weighted by Crippen LogP contribution is -2.51. The molecule has 3 heterocycles. The number of nitrogens with zero attached hydrogens (tertiary/aromatic N) is 3. The molecule has 0 N–H and O–H groups in total. The van der Waals surface area contributed by atoms with Crippen molar-refractivity contribution in [2.75, 3.05) is 26.2 Å². The van der Waals surface area contributed by atoms with Crippen LogP contribution in [0.5, 0.6) is 11.5 Å². The zero-order valence-corrected chi connectivity index (χ0v) is 23.5. The van der Waals surface area contributed by atoms with E-state index in [2.05, 4.69) is 80.8 Å². The van der Waals surface area contributed by atoms with Crippen LogP contribution >= 0.6 is 43.2 Å². The molecule has 7 heteroatoms. The number of halogens is 2. The van der Waals surface area contributed by atoms with Crippen LogP contribution < -0.4 is 4.74 Å². The third kappa shape index (κ3) is 4.68. The smallest absolute Gasteiger partial charge is 0.163 e. The first-order valence-corrected chi connectivity index (χ1v) is 14.3. The van der Waals surface area contributed by atoms with Crippen LogP contribution in [0.25, 0.3) is 0 Å². The highest BCUT2D eigenvalue weighted by Gasteiger charge is 2.30. The molecule has 4 nitrogen and oxygen atoms in total. The molecule has 0 bridgehead atoms. The van der Waals surface area contributed by atoms with E-state index in [-0.39, 0.29) is 0 Å². The lowest BCUT2D eigenvalue weighted by Gasteiger charge is -2.39. The number of benzene rings is 1. The first kappa shape index (κ1) is 24.2. The van der Waals surface area contributed by atoms with Gasteiger partial charge in [-0.1, -0.05) is 43.1 Å². The summed E-state index contributed by atoms with van der Waals surface area (Å²) in [5, 5.41) is 2.18. The van der Waals surface area contributed by atoms with Gasteiger partial charge in [-0.25, -0.2) is 4.99 Å². The second-order valence-electron chi connectivity index (χ2n) is 8.70. The molecular weight excluding hydrogens is 550 g/mol. The Balaban J connectivity index is 1.77. The zero-order chi connectivity index (χ0) is 22.8. The molecule has 0 amide bonds. The van der Waals surface area contributed by atoms with Crippen molar-refractivity contribution >= 4 is 54.7 Å². The number of ether oxygens (including phenoxy) is 1. The Bertz CT molecular complexity index is 996. The van der Waals surface area contributed by atoms with Crippen molar-refractivity contribution in [3.05, 3.63) is 36.4 Å². The number of aliphatic imine (C=N–C) groups is 1. The van der Waals surface area contributed by atoms with Crippen molar-refractivity contribution in [3.63, 3.8) is 0 Å². The molecule has 1 saturated heterocycles. The second kappa shape index (κ2) is 10.6. The summed E-state index contributed by atoms with van der Waals surface area (Å²) >= 11 is 9.33. The summed E-state index contributed by atoms with van der Waals surface area (Å²) in [4.78, 5) is 10.4. The number of hydrogen-bond donors (Lipinski definition) is 0. The molecule has 2 aliphatic rings. The molecule has 0 spiro atoms. The summed E-state index contributed by atoms with van der Waals surface area (Å²) in [6.45, 7) is 13.2. The third-order valence-corrected chi connectivity index (χ3v) is 9.38. The van der Waals surface area contributed by atoms with Crippen molar-refractivity contribution in [1.29, 1.82) is 0 Å². The van der Waals surface area contributed by atoms with Gasteiger partial charge in [-0.05, 0) is 65.7 Å². The summed E-state index contributed by atoms with van der Waals surface area (Å²) in [6, 6.07) is 2.84. The summed E-state index contributed by atoms with van der Waals surface area (Å²) < 4.78 is 8.81. The lowest BCUT2D eigenvalue weighted by molar-refractivity contribution is 0.138. The molecule has 1 aromatic heterocycles. The van der Waals surface area contributed by atoms with E-state index in [1.165, 1.54) is 34.9 Å². The highest BCUT2D eigenvalue weighted by molar-refractivity contribution is 9.11.